The van der Waals surface area contributed by atoms with Crippen LogP contribution in [0.3, 0.4) is 0 Å². The number of nitrogens with zero attached hydrogens (tertiary/aromatic N) is 2. The van der Waals surface area contributed by atoms with Gasteiger partial charge in [0.2, 0.25) is 5.78 Å². The number of rotatable bonds is 8. The Kier molecular flexibility index (Phi) is 6.67. The fourth-order valence-corrected chi connectivity index (χ4v) is 4.85. The monoisotopic (exact) mass is 492 g/mol. The Balaban J connectivity index is 1.46. The van der Waals surface area contributed by atoms with Crippen LogP contribution in [0.15, 0.2) is 64.3 Å². The Morgan fingerprint density at radius 1 is 1.08 bits per heavy atom. The second-order valence-electron chi connectivity index (χ2n) is 8.88. The lowest BCUT2D eigenvalue weighted by Gasteiger charge is -2.30. The van der Waals surface area contributed by atoms with Crippen molar-refractivity contribution in [2.45, 2.75) is 12.5 Å². The number of methoxy groups -OCH3 is 1. The van der Waals surface area contributed by atoms with E-state index >= 15 is 0 Å². The molecule has 2 aliphatic heterocycles. The van der Waals surface area contributed by atoms with Crippen LogP contribution < -0.4 is 4.74 Å². The molecule has 1 amide bonds. The zero-order chi connectivity index (χ0) is 25.2. The van der Waals surface area contributed by atoms with E-state index in [1.54, 1.807) is 36.4 Å². The summed E-state index contributed by atoms with van der Waals surface area (Å²) in [5, 5.41) is 21.4. The quantitative estimate of drug-likeness (QED) is 0.460. The number of carbonyl (C=O) groups excluding carboxylic acids is 2. The van der Waals surface area contributed by atoms with Gasteiger partial charge in [-0.15, -0.1) is 0 Å². The molecule has 1 saturated heterocycles. The van der Waals surface area contributed by atoms with Crippen molar-refractivity contribution in [3.63, 3.8) is 0 Å². The van der Waals surface area contributed by atoms with Gasteiger partial charge in [-0.3, -0.25) is 14.5 Å². The van der Waals surface area contributed by atoms with E-state index in [0.29, 0.717) is 48.5 Å². The van der Waals surface area contributed by atoms with E-state index in [4.69, 9.17) is 13.9 Å². The number of para-hydroxylation sites is 1. The number of fused-ring (bicyclic) bond motifs is 1. The molecule has 9 heteroatoms. The number of furan rings is 1. The molecule has 2 aliphatic rings. The predicted molar refractivity (Wildman–Crippen MR) is 131 cm³/mol. The van der Waals surface area contributed by atoms with Crippen LogP contribution in [0.5, 0.6) is 11.5 Å². The van der Waals surface area contributed by atoms with Crippen molar-refractivity contribution < 1.29 is 33.7 Å². The molecule has 3 heterocycles. The average molecular weight is 493 g/mol. The Labute approximate surface area is 208 Å². The van der Waals surface area contributed by atoms with Gasteiger partial charge < -0.3 is 29.0 Å². The van der Waals surface area contributed by atoms with Gasteiger partial charge in [0.25, 0.3) is 5.91 Å². The summed E-state index contributed by atoms with van der Waals surface area (Å²) in [5.41, 5.74) is 0.972. The largest absolute Gasteiger partial charge is 0.508 e. The molecule has 1 atom stereocenters. The van der Waals surface area contributed by atoms with Crippen LogP contribution in [0.25, 0.3) is 11.0 Å². The molecule has 0 saturated carbocycles. The van der Waals surface area contributed by atoms with Gasteiger partial charge >= 0.3 is 0 Å². The van der Waals surface area contributed by atoms with E-state index in [-0.39, 0.29) is 17.1 Å². The minimum atomic E-state index is -0.814. The molecule has 188 valence electrons. The number of aliphatic hydroxyl groups excluding tert-OH is 1. The Hall–Kier alpha value is -3.82. The Morgan fingerprint density at radius 2 is 1.83 bits per heavy atom. The van der Waals surface area contributed by atoms with Crippen LogP contribution in [-0.2, 0) is 9.53 Å². The maximum atomic E-state index is 13.7. The minimum absolute atomic E-state index is 0.00259. The van der Waals surface area contributed by atoms with Gasteiger partial charge in [0.15, 0.2) is 22.9 Å². The second-order valence-corrected chi connectivity index (χ2v) is 8.88. The molecule has 36 heavy (non-hydrogen) atoms. The number of ether oxygens (including phenoxy) is 2. The van der Waals surface area contributed by atoms with E-state index in [0.717, 1.165) is 19.6 Å². The van der Waals surface area contributed by atoms with E-state index in [1.165, 1.54) is 24.1 Å². The number of hydrogen-bond donors (Lipinski definition) is 2. The highest BCUT2D eigenvalue weighted by atomic mass is 16.5. The van der Waals surface area contributed by atoms with Gasteiger partial charge in [-0.25, -0.2) is 0 Å². The molecule has 1 aromatic heterocycles. The molecule has 2 N–H and O–H groups in total. The lowest BCUT2D eigenvalue weighted by Crippen LogP contribution is -2.39. The summed E-state index contributed by atoms with van der Waals surface area (Å²) in [6, 6.07) is 12.4. The molecule has 9 nitrogen and oxygen atoms in total. The molecule has 0 radical (unpaired) electrons. The van der Waals surface area contributed by atoms with Crippen molar-refractivity contribution in [2.75, 3.05) is 46.5 Å². The third-order valence-electron chi connectivity index (χ3n) is 6.69. The first-order chi connectivity index (χ1) is 17.5. The lowest BCUT2D eigenvalue weighted by molar-refractivity contribution is -0.129. The number of ketones is 1. The summed E-state index contributed by atoms with van der Waals surface area (Å²) in [7, 11) is 1.51. The van der Waals surface area contributed by atoms with Gasteiger partial charge in [0, 0.05) is 31.6 Å². The highest BCUT2D eigenvalue weighted by molar-refractivity contribution is 6.16. The fourth-order valence-electron chi connectivity index (χ4n) is 4.85. The van der Waals surface area contributed by atoms with Gasteiger partial charge in [0.1, 0.15) is 5.75 Å². The summed E-state index contributed by atoms with van der Waals surface area (Å²) in [6.07, 6.45) is 0.664. The SMILES string of the molecule is COc1cccc2cc(C(=O)C3=C(O)C(=O)N(CCCN4CCOCC4)C3c3ccc(O)cc3)oc12. The normalized spacial score (nSPS) is 18.9. The molecule has 0 spiro atoms. The Bertz CT molecular complexity index is 1310. The highest BCUT2D eigenvalue weighted by Crippen LogP contribution is 2.40. The molecule has 0 bridgehead atoms. The second kappa shape index (κ2) is 10.0. The number of aliphatic hydroxyl groups is 1. The van der Waals surface area contributed by atoms with Crippen molar-refractivity contribution in [3.8, 4) is 11.5 Å². The van der Waals surface area contributed by atoms with E-state index in [2.05, 4.69) is 4.90 Å². The van der Waals surface area contributed by atoms with Crippen molar-refractivity contribution in [3.05, 3.63) is 71.2 Å². The number of benzene rings is 2. The number of morpholine rings is 1. The molecule has 1 fully saturated rings. The van der Waals surface area contributed by atoms with Crippen molar-refractivity contribution in [1.82, 2.24) is 9.80 Å². The van der Waals surface area contributed by atoms with Crippen molar-refractivity contribution >= 4 is 22.7 Å². The highest BCUT2D eigenvalue weighted by Gasteiger charge is 2.44. The number of carbonyl (C=O) groups is 2. The number of phenolic OH excluding ortho intramolecular Hbond substituents is 1. The molecular weight excluding hydrogens is 464 g/mol. The number of aromatic hydroxyl groups is 1. The summed E-state index contributed by atoms with van der Waals surface area (Å²) in [4.78, 5) is 30.7. The van der Waals surface area contributed by atoms with Gasteiger partial charge in [-0.05, 0) is 36.2 Å². The maximum absolute atomic E-state index is 13.7. The molecule has 1 unspecified atom stereocenters. The van der Waals surface area contributed by atoms with Crippen LogP contribution in [0, 0.1) is 0 Å². The van der Waals surface area contributed by atoms with Crippen molar-refractivity contribution in [2.24, 2.45) is 0 Å². The Morgan fingerprint density at radius 3 is 2.56 bits per heavy atom. The minimum Gasteiger partial charge on any atom is -0.508 e. The first-order valence-corrected chi connectivity index (χ1v) is 11.9. The number of Topliss-reactive ketones (excluding diaryl/α,β-unsaturated/α-hetero) is 1. The zero-order valence-electron chi connectivity index (χ0n) is 20.0. The van der Waals surface area contributed by atoms with Gasteiger partial charge in [0.05, 0.1) is 31.9 Å². The van der Waals surface area contributed by atoms with Crippen LogP contribution in [0.1, 0.15) is 28.6 Å². The number of hydrogen-bond acceptors (Lipinski definition) is 8. The van der Waals surface area contributed by atoms with Gasteiger partial charge in [-0.1, -0.05) is 24.3 Å². The molecule has 0 aliphatic carbocycles. The molecular formula is C27H28N2O7. The summed E-state index contributed by atoms with van der Waals surface area (Å²) >= 11 is 0. The topological polar surface area (TPSA) is 113 Å². The lowest BCUT2D eigenvalue weighted by atomic mass is 9.95. The standard InChI is InChI=1S/C27H28N2O7/c1-34-20-5-2-4-18-16-21(36-26(18)20)24(31)22-23(17-6-8-19(30)9-7-17)29(27(33)25(22)32)11-3-10-28-12-14-35-15-13-28/h2,4-9,16,23,30,32H,3,10-15H2,1H3. The van der Waals surface area contributed by atoms with Crippen LogP contribution >= 0.6 is 0 Å². The first kappa shape index (κ1) is 23.9. The summed E-state index contributed by atoms with van der Waals surface area (Å²) < 4.78 is 16.6. The smallest absolute Gasteiger partial charge is 0.290 e. The third-order valence-corrected chi connectivity index (χ3v) is 6.69. The van der Waals surface area contributed by atoms with Crippen LogP contribution in [-0.4, -0.2) is 78.2 Å². The number of amides is 1. The summed E-state index contributed by atoms with van der Waals surface area (Å²) in [5.74, 6) is -1.22. The van der Waals surface area contributed by atoms with E-state index in [1.807, 2.05) is 0 Å². The molecule has 3 aromatic rings. The molecule has 2 aromatic carbocycles. The zero-order valence-corrected chi connectivity index (χ0v) is 20.0. The maximum Gasteiger partial charge on any atom is 0.290 e. The van der Waals surface area contributed by atoms with Crippen LogP contribution in [0.4, 0.5) is 0 Å². The van der Waals surface area contributed by atoms with Crippen LogP contribution in [0.2, 0.25) is 0 Å². The van der Waals surface area contributed by atoms with E-state index < -0.39 is 23.5 Å². The summed E-state index contributed by atoms with van der Waals surface area (Å²) in [6.45, 7) is 4.14. The van der Waals surface area contributed by atoms with E-state index in [9.17, 15) is 19.8 Å². The number of phenols is 1. The molecule has 5 rings (SSSR count). The fraction of sp³-hybridized carbons (Fsp3) is 0.333. The predicted octanol–water partition coefficient (Wildman–Crippen LogP) is 3.45. The third kappa shape index (κ3) is 4.43. The first-order valence-electron chi connectivity index (χ1n) is 11.9. The van der Waals surface area contributed by atoms with Crippen molar-refractivity contribution in [1.29, 1.82) is 0 Å². The average Bonchev–Trinajstić information content (AvgIpc) is 3.44. The van der Waals surface area contributed by atoms with Gasteiger partial charge in [-0.2, -0.15) is 0 Å².